The van der Waals surface area contributed by atoms with Crippen molar-refractivity contribution >= 4 is 26.3 Å². The van der Waals surface area contributed by atoms with Crippen LogP contribution in [0.5, 0.6) is 0 Å². The van der Waals surface area contributed by atoms with E-state index in [9.17, 15) is 4.57 Å². The molecule has 0 bridgehead atoms. The molecule has 3 rings (SSSR count). The van der Waals surface area contributed by atoms with Crippen molar-refractivity contribution in [1.82, 2.24) is 0 Å². The smallest absolute Gasteiger partial charge is 0.299 e. The zero-order valence-electron chi connectivity index (χ0n) is 11.8. The second-order valence-electron chi connectivity index (χ2n) is 5.34. The van der Waals surface area contributed by atoms with Gasteiger partial charge in [-0.05, 0) is 28.9 Å². The lowest BCUT2D eigenvalue weighted by Gasteiger charge is -2.27. The maximum absolute atomic E-state index is 11.9. The lowest BCUT2D eigenvalue weighted by molar-refractivity contribution is 0.407. The standard InChI is InChI=1S/C15H19O3PSi2/c16-19-17-20(11-14-7-3-1-4-8-14)13-21(18-19)12-15-9-5-2-6-10-15/h1-10,19-21H,11-13H2. The molecule has 0 saturated carbocycles. The molecular formula is C15H19O3PSi2. The molecule has 1 heterocycles. The Balaban J connectivity index is 1.63. The molecule has 2 aromatic rings. The topological polar surface area (TPSA) is 35.5 Å². The average Bonchev–Trinajstić information content (AvgIpc) is 2.48. The van der Waals surface area contributed by atoms with Gasteiger partial charge in [0.2, 0.25) is 0 Å². The van der Waals surface area contributed by atoms with Crippen LogP contribution in [0.2, 0.25) is 5.67 Å². The van der Waals surface area contributed by atoms with Crippen LogP contribution in [-0.2, 0) is 25.1 Å². The van der Waals surface area contributed by atoms with E-state index in [1.54, 1.807) is 0 Å². The van der Waals surface area contributed by atoms with Crippen LogP contribution in [0, 0.1) is 0 Å². The third-order valence-electron chi connectivity index (χ3n) is 3.66. The predicted octanol–water partition coefficient (Wildman–Crippen LogP) is 2.97. The van der Waals surface area contributed by atoms with Crippen LogP contribution in [-0.4, -0.2) is 18.1 Å². The molecule has 2 atom stereocenters. The first kappa shape index (κ1) is 14.9. The van der Waals surface area contributed by atoms with Crippen molar-refractivity contribution in [3.63, 3.8) is 0 Å². The Kier molecular flexibility index (Phi) is 5.22. The Morgan fingerprint density at radius 3 is 1.67 bits per heavy atom. The molecule has 2 unspecified atom stereocenters. The summed E-state index contributed by atoms with van der Waals surface area (Å²) in [6, 6.07) is 22.6. The Morgan fingerprint density at radius 2 is 1.24 bits per heavy atom. The lowest BCUT2D eigenvalue weighted by Crippen LogP contribution is -2.35. The van der Waals surface area contributed by atoms with Crippen molar-refractivity contribution in [3.8, 4) is 0 Å². The largest absolute Gasteiger partial charge is 0.357 e. The van der Waals surface area contributed by atoms with Gasteiger partial charge < -0.3 is 8.43 Å². The SMILES string of the molecule is O=[PH]1O[SiH](Cc2ccccc2)C[SiH](Cc2ccccc2)O1. The highest BCUT2D eigenvalue weighted by Gasteiger charge is 2.30. The number of rotatable bonds is 4. The van der Waals surface area contributed by atoms with Gasteiger partial charge in [-0.2, -0.15) is 0 Å². The Bertz CT molecular complexity index is 543. The van der Waals surface area contributed by atoms with E-state index in [2.05, 4.69) is 24.3 Å². The fourth-order valence-electron chi connectivity index (χ4n) is 2.69. The molecule has 1 saturated heterocycles. The molecule has 0 spiro atoms. The molecule has 1 aliphatic rings. The van der Waals surface area contributed by atoms with Crippen molar-refractivity contribution in [2.75, 3.05) is 0 Å². The zero-order valence-corrected chi connectivity index (χ0v) is 15.1. The third-order valence-corrected chi connectivity index (χ3v) is 13.9. The number of hydrogen-bond acceptors (Lipinski definition) is 3. The zero-order chi connectivity index (χ0) is 14.5. The minimum Gasteiger partial charge on any atom is -0.357 e. The summed E-state index contributed by atoms with van der Waals surface area (Å²) in [6.45, 7) is 0. The van der Waals surface area contributed by atoms with Crippen molar-refractivity contribution in [3.05, 3.63) is 71.8 Å². The van der Waals surface area contributed by atoms with E-state index < -0.39 is 26.3 Å². The summed E-state index contributed by atoms with van der Waals surface area (Å²) in [4.78, 5) is 0. The first-order chi connectivity index (χ1) is 10.3. The highest BCUT2D eigenvalue weighted by molar-refractivity contribution is 7.38. The van der Waals surface area contributed by atoms with E-state index in [0.717, 1.165) is 17.8 Å². The van der Waals surface area contributed by atoms with Crippen LogP contribution in [0.15, 0.2) is 60.7 Å². The van der Waals surface area contributed by atoms with Gasteiger partial charge >= 0.3 is 0 Å². The van der Waals surface area contributed by atoms with Gasteiger partial charge in [-0.25, -0.2) is 0 Å². The van der Waals surface area contributed by atoms with Crippen LogP contribution in [0.3, 0.4) is 0 Å². The Morgan fingerprint density at radius 1 is 0.810 bits per heavy atom. The van der Waals surface area contributed by atoms with Crippen LogP contribution in [0.1, 0.15) is 11.1 Å². The second-order valence-corrected chi connectivity index (χ2v) is 12.9. The molecule has 0 aliphatic carbocycles. The van der Waals surface area contributed by atoms with E-state index in [-0.39, 0.29) is 0 Å². The third kappa shape index (κ3) is 4.49. The minimum absolute atomic E-state index is 0.957. The summed E-state index contributed by atoms with van der Waals surface area (Å²) in [6.07, 6.45) is 0. The molecule has 21 heavy (non-hydrogen) atoms. The van der Waals surface area contributed by atoms with Gasteiger partial charge in [0, 0.05) is 0 Å². The molecule has 1 aliphatic heterocycles. The molecule has 3 nitrogen and oxygen atoms in total. The van der Waals surface area contributed by atoms with Crippen LogP contribution in [0.25, 0.3) is 0 Å². The number of hydrogen-bond donors (Lipinski definition) is 0. The quantitative estimate of drug-likeness (QED) is 0.637. The summed E-state index contributed by atoms with van der Waals surface area (Å²) in [5, 5.41) is 0. The molecule has 1 fully saturated rings. The highest BCUT2D eigenvalue weighted by Crippen LogP contribution is 2.35. The summed E-state index contributed by atoms with van der Waals surface area (Å²) < 4.78 is 23.2. The van der Waals surface area contributed by atoms with Gasteiger partial charge in [0.05, 0.1) is 0 Å². The molecule has 6 heteroatoms. The average molecular weight is 334 g/mol. The Hall–Kier alpha value is -0.976. The molecule has 0 N–H and O–H groups in total. The fraction of sp³-hybridized carbons (Fsp3) is 0.200. The van der Waals surface area contributed by atoms with Crippen molar-refractivity contribution in [1.29, 1.82) is 0 Å². The first-order valence-corrected chi connectivity index (χ1v) is 12.7. The van der Waals surface area contributed by atoms with Crippen LogP contribution >= 0.6 is 8.25 Å². The summed E-state index contributed by atoms with van der Waals surface area (Å²) in [5.41, 5.74) is 3.64. The predicted molar refractivity (Wildman–Crippen MR) is 90.6 cm³/mol. The van der Waals surface area contributed by atoms with Crippen molar-refractivity contribution in [2.45, 2.75) is 17.8 Å². The van der Waals surface area contributed by atoms with E-state index in [0.29, 0.717) is 0 Å². The van der Waals surface area contributed by atoms with E-state index in [1.165, 1.54) is 11.1 Å². The monoisotopic (exact) mass is 334 g/mol. The number of benzene rings is 2. The summed E-state index contributed by atoms with van der Waals surface area (Å²) >= 11 is 0. The maximum atomic E-state index is 11.9. The molecular weight excluding hydrogens is 315 g/mol. The van der Waals surface area contributed by atoms with E-state index >= 15 is 0 Å². The fourth-order valence-corrected chi connectivity index (χ4v) is 14.0. The summed E-state index contributed by atoms with van der Waals surface area (Å²) in [7, 11) is -5.13. The normalized spacial score (nSPS) is 25.6. The Labute approximate surface area is 129 Å². The lowest BCUT2D eigenvalue weighted by atomic mass is 10.2. The second kappa shape index (κ2) is 7.34. The van der Waals surface area contributed by atoms with Gasteiger partial charge in [0.15, 0.2) is 18.1 Å². The molecule has 0 amide bonds. The van der Waals surface area contributed by atoms with Gasteiger partial charge in [0.25, 0.3) is 8.25 Å². The molecule has 0 radical (unpaired) electrons. The van der Waals surface area contributed by atoms with Gasteiger partial charge in [0.1, 0.15) is 0 Å². The van der Waals surface area contributed by atoms with Crippen LogP contribution in [0.4, 0.5) is 0 Å². The first-order valence-electron chi connectivity index (χ1n) is 7.25. The summed E-state index contributed by atoms with van der Waals surface area (Å²) in [5.74, 6) is 0. The minimum atomic E-state index is -2.25. The van der Waals surface area contributed by atoms with Gasteiger partial charge in [-0.15, -0.1) is 0 Å². The van der Waals surface area contributed by atoms with E-state index in [1.807, 2.05) is 36.4 Å². The maximum Gasteiger partial charge on any atom is 0.299 e. The molecule has 2 aromatic carbocycles. The van der Waals surface area contributed by atoms with Crippen LogP contribution < -0.4 is 0 Å². The molecule has 110 valence electrons. The highest BCUT2D eigenvalue weighted by atomic mass is 31.1. The van der Waals surface area contributed by atoms with Crippen molar-refractivity contribution < 1.29 is 13.0 Å². The molecule has 0 aromatic heterocycles. The van der Waals surface area contributed by atoms with E-state index in [4.69, 9.17) is 8.43 Å². The van der Waals surface area contributed by atoms with Crippen molar-refractivity contribution in [2.24, 2.45) is 0 Å². The van der Waals surface area contributed by atoms with Gasteiger partial charge in [-0.3, -0.25) is 4.57 Å². The van der Waals surface area contributed by atoms with Gasteiger partial charge in [-0.1, -0.05) is 60.7 Å².